The van der Waals surface area contributed by atoms with Crippen molar-refractivity contribution in [2.75, 3.05) is 71.0 Å². The monoisotopic (exact) mass is 643 g/mol. The second-order valence-electron chi connectivity index (χ2n) is 12.7. The van der Waals surface area contributed by atoms with E-state index in [-0.39, 0.29) is 29.8 Å². The van der Waals surface area contributed by atoms with Crippen LogP contribution in [0.2, 0.25) is 0 Å². The van der Waals surface area contributed by atoms with Crippen molar-refractivity contribution in [2.24, 2.45) is 0 Å². The third-order valence-electron chi connectivity index (χ3n) is 9.49. The van der Waals surface area contributed by atoms with Crippen molar-refractivity contribution in [3.05, 3.63) is 71.6 Å². The fraction of sp³-hybridized carbons (Fsp3) is 0.526. The fourth-order valence-corrected chi connectivity index (χ4v) is 6.78. The number of morpholine rings is 1. The SMILES string of the molecule is CC.CC1Oc2cc3ccccc3cc2N2C=C(C(=O)NCCCN3CCOCC3)C(=O)C/C(=C/C=C\1NCCC1CCCN1C)C2. The molecule has 2 saturated heterocycles. The van der Waals surface area contributed by atoms with Gasteiger partial charge in [-0.05, 0) is 87.3 Å². The average molecular weight is 644 g/mol. The average Bonchev–Trinajstić information content (AvgIpc) is 3.42. The van der Waals surface area contributed by atoms with Crippen LogP contribution in [0.3, 0.4) is 0 Å². The van der Waals surface area contributed by atoms with E-state index in [9.17, 15) is 9.59 Å². The highest BCUT2D eigenvalue weighted by Crippen LogP contribution is 2.37. The molecule has 9 heteroatoms. The van der Waals surface area contributed by atoms with E-state index in [2.05, 4.69) is 64.7 Å². The quantitative estimate of drug-likeness (QED) is 0.291. The minimum atomic E-state index is -0.325. The molecule has 6 rings (SSSR count). The minimum Gasteiger partial charge on any atom is -0.482 e. The van der Waals surface area contributed by atoms with Gasteiger partial charge in [0, 0.05) is 51.4 Å². The molecule has 2 aromatic carbocycles. The van der Waals surface area contributed by atoms with Crippen LogP contribution in [0.5, 0.6) is 5.75 Å². The van der Waals surface area contributed by atoms with Gasteiger partial charge in [-0.25, -0.2) is 0 Å². The third-order valence-corrected chi connectivity index (χ3v) is 9.49. The van der Waals surface area contributed by atoms with Crippen molar-refractivity contribution in [1.29, 1.82) is 0 Å². The highest BCUT2D eigenvalue weighted by Gasteiger charge is 2.28. The predicted molar refractivity (Wildman–Crippen MR) is 190 cm³/mol. The van der Waals surface area contributed by atoms with Crippen molar-refractivity contribution in [1.82, 2.24) is 20.4 Å². The molecule has 4 aliphatic heterocycles. The molecule has 1 amide bonds. The van der Waals surface area contributed by atoms with Crippen LogP contribution < -0.4 is 20.3 Å². The molecule has 2 bridgehead atoms. The van der Waals surface area contributed by atoms with Gasteiger partial charge >= 0.3 is 0 Å². The molecule has 2 atom stereocenters. The van der Waals surface area contributed by atoms with E-state index >= 15 is 0 Å². The number of likely N-dealkylation sites (tertiary alicyclic amines) is 1. The Morgan fingerprint density at radius 2 is 1.79 bits per heavy atom. The van der Waals surface area contributed by atoms with Gasteiger partial charge in [-0.3, -0.25) is 14.5 Å². The largest absolute Gasteiger partial charge is 0.482 e. The molecule has 0 aromatic heterocycles. The number of ketones is 1. The lowest BCUT2D eigenvalue weighted by Crippen LogP contribution is -2.38. The minimum absolute atomic E-state index is 0.169. The molecule has 2 unspecified atom stereocenters. The van der Waals surface area contributed by atoms with Gasteiger partial charge in [-0.15, -0.1) is 0 Å². The number of hydrogen-bond acceptors (Lipinski definition) is 8. The van der Waals surface area contributed by atoms with Crippen LogP contribution in [-0.4, -0.2) is 99.7 Å². The van der Waals surface area contributed by atoms with Gasteiger partial charge in [-0.1, -0.05) is 44.2 Å². The zero-order valence-electron chi connectivity index (χ0n) is 28.7. The summed E-state index contributed by atoms with van der Waals surface area (Å²) in [5.74, 6) is 0.230. The Hall–Kier alpha value is -3.66. The maximum absolute atomic E-state index is 13.6. The number of Topliss-reactive ketones (excluding diaryl/α,β-unsaturated/α-hetero) is 1. The van der Waals surface area contributed by atoms with Crippen LogP contribution in [0.15, 0.2) is 71.6 Å². The maximum Gasteiger partial charge on any atom is 0.256 e. The number of carbonyl (C=O) groups excluding carboxylic acids is 2. The van der Waals surface area contributed by atoms with Crippen LogP contribution in [0, 0.1) is 0 Å². The van der Waals surface area contributed by atoms with Gasteiger partial charge < -0.3 is 29.9 Å². The van der Waals surface area contributed by atoms with E-state index < -0.39 is 0 Å². The van der Waals surface area contributed by atoms with Crippen LogP contribution in [0.1, 0.15) is 52.9 Å². The number of benzene rings is 2. The first-order valence-corrected chi connectivity index (χ1v) is 17.6. The second-order valence-corrected chi connectivity index (χ2v) is 12.7. The first-order chi connectivity index (χ1) is 22.9. The summed E-state index contributed by atoms with van der Waals surface area (Å²) in [5.41, 5.74) is 2.96. The molecular formula is C38H53N5O4. The number of fused-ring (bicyclic) bond motifs is 5. The highest BCUT2D eigenvalue weighted by atomic mass is 16.5. The Labute approximate surface area is 280 Å². The van der Waals surface area contributed by atoms with Crippen molar-refractivity contribution in [3.8, 4) is 5.75 Å². The lowest BCUT2D eigenvalue weighted by molar-refractivity contribution is -0.122. The molecule has 47 heavy (non-hydrogen) atoms. The van der Waals surface area contributed by atoms with Gasteiger partial charge in [0.25, 0.3) is 5.91 Å². The Bertz CT molecular complexity index is 1480. The van der Waals surface area contributed by atoms with Gasteiger partial charge in [0.1, 0.15) is 11.9 Å². The Kier molecular flexibility index (Phi) is 12.5. The summed E-state index contributed by atoms with van der Waals surface area (Å²) in [6.07, 6.45) is 10.2. The summed E-state index contributed by atoms with van der Waals surface area (Å²) in [7, 11) is 2.21. The molecule has 254 valence electrons. The summed E-state index contributed by atoms with van der Waals surface area (Å²) in [6, 6.07) is 13.0. The molecule has 2 fully saturated rings. The molecule has 4 heterocycles. The third kappa shape index (κ3) is 9.03. The zero-order chi connectivity index (χ0) is 33.2. The van der Waals surface area contributed by atoms with Crippen LogP contribution in [0.4, 0.5) is 5.69 Å². The number of rotatable bonds is 9. The van der Waals surface area contributed by atoms with Gasteiger partial charge in [0.15, 0.2) is 5.78 Å². The number of allylic oxidation sites excluding steroid dienone is 2. The Morgan fingerprint density at radius 1 is 1.02 bits per heavy atom. The topological polar surface area (TPSA) is 86.4 Å². The number of carbonyl (C=O) groups is 2. The molecule has 0 radical (unpaired) electrons. The van der Waals surface area contributed by atoms with Crippen LogP contribution >= 0.6 is 0 Å². The maximum atomic E-state index is 13.6. The zero-order valence-corrected chi connectivity index (χ0v) is 28.7. The number of nitrogens with zero attached hydrogens (tertiary/aromatic N) is 3. The van der Waals surface area contributed by atoms with Crippen molar-refractivity contribution in [2.45, 2.75) is 65.0 Å². The summed E-state index contributed by atoms with van der Waals surface area (Å²) in [5, 5.41) is 8.82. The molecule has 0 aliphatic carbocycles. The summed E-state index contributed by atoms with van der Waals surface area (Å²) in [6.45, 7) is 13.3. The molecule has 4 aliphatic rings. The Balaban J connectivity index is 0.00000213. The number of anilines is 1. The van der Waals surface area contributed by atoms with Crippen molar-refractivity contribution >= 4 is 28.2 Å². The Morgan fingerprint density at radius 3 is 2.53 bits per heavy atom. The molecule has 2 N–H and O–H groups in total. The van der Waals surface area contributed by atoms with Crippen molar-refractivity contribution in [3.63, 3.8) is 0 Å². The van der Waals surface area contributed by atoms with E-state index in [1.807, 2.05) is 37.0 Å². The number of amides is 1. The highest BCUT2D eigenvalue weighted by molar-refractivity contribution is 6.20. The van der Waals surface area contributed by atoms with E-state index in [1.54, 1.807) is 6.20 Å². The standard InChI is InChI=1S/C36H47N5O4.C2H6/c1-26-32(37-14-12-30-9-5-15-39(30)2)11-10-27-21-34(42)31(36(43)38-13-6-16-40-17-19-44-20-18-40)25-41(24-27)33-22-28-7-3-4-8-29(28)23-35(33)45-26;1-2/h3-4,7-8,10-11,22-23,25-26,30,37H,5-6,9,12-21,24H2,1-2H3,(H,38,43);1-2H3/b27-10-,32-11+;. The second kappa shape index (κ2) is 16.9. The van der Waals surface area contributed by atoms with E-state index in [1.165, 1.54) is 12.8 Å². The smallest absolute Gasteiger partial charge is 0.256 e. The van der Waals surface area contributed by atoms with Crippen LogP contribution in [0.25, 0.3) is 10.8 Å². The number of nitrogens with one attached hydrogen (secondary N) is 2. The normalized spacial score (nSPS) is 24.3. The summed E-state index contributed by atoms with van der Waals surface area (Å²) < 4.78 is 12.1. The summed E-state index contributed by atoms with van der Waals surface area (Å²) in [4.78, 5) is 33.9. The first-order valence-electron chi connectivity index (χ1n) is 17.6. The predicted octanol–water partition coefficient (Wildman–Crippen LogP) is 5.03. The van der Waals surface area contributed by atoms with Crippen molar-refractivity contribution < 1.29 is 19.1 Å². The van der Waals surface area contributed by atoms with Gasteiger partial charge in [-0.2, -0.15) is 0 Å². The molecule has 0 spiro atoms. The molecule has 0 saturated carbocycles. The van der Waals surface area contributed by atoms with E-state index in [0.717, 1.165) is 92.3 Å². The van der Waals surface area contributed by atoms with Crippen LogP contribution in [-0.2, 0) is 14.3 Å². The number of ether oxygens (including phenoxy) is 2. The molecule has 2 aromatic rings. The van der Waals surface area contributed by atoms with Gasteiger partial charge in [0.05, 0.1) is 30.2 Å². The lowest BCUT2D eigenvalue weighted by Gasteiger charge is -2.28. The van der Waals surface area contributed by atoms with Gasteiger partial charge in [0.2, 0.25) is 0 Å². The lowest BCUT2D eigenvalue weighted by atomic mass is 10.0. The first kappa shape index (κ1) is 34.7. The fourth-order valence-electron chi connectivity index (χ4n) is 6.78. The van der Waals surface area contributed by atoms with E-state index in [4.69, 9.17) is 9.47 Å². The number of hydrogen-bond donors (Lipinski definition) is 2. The van der Waals surface area contributed by atoms with E-state index in [0.29, 0.717) is 19.1 Å². The molecule has 9 nitrogen and oxygen atoms in total. The summed E-state index contributed by atoms with van der Waals surface area (Å²) >= 11 is 0. The molecular weight excluding hydrogens is 590 g/mol.